The highest BCUT2D eigenvalue weighted by Crippen LogP contribution is 2.48. The van der Waals surface area contributed by atoms with Crippen molar-refractivity contribution in [3.8, 4) is 0 Å². The highest BCUT2D eigenvalue weighted by molar-refractivity contribution is 5.83. The van der Waals surface area contributed by atoms with Gasteiger partial charge >= 0.3 is 0 Å². The number of hydrogen-bond acceptors (Lipinski definition) is 2. The first-order valence-corrected chi connectivity index (χ1v) is 5.13. The largest absolute Gasteiger partial charge is 0.327 e. The first-order valence-electron chi connectivity index (χ1n) is 5.13. The van der Waals surface area contributed by atoms with Crippen LogP contribution in [0.2, 0.25) is 0 Å². The molecule has 0 aliphatic heterocycles. The molecule has 0 spiro atoms. The maximum Gasteiger partial charge on any atom is 0.134 e. The Kier molecular flexibility index (Phi) is 1.56. The van der Waals surface area contributed by atoms with Crippen molar-refractivity contribution in [1.29, 1.82) is 0 Å². The molecule has 1 aromatic rings. The van der Waals surface area contributed by atoms with Gasteiger partial charge in [0.15, 0.2) is 0 Å². The summed E-state index contributed by atoms with van der Waals surface area (Å²) in [5.74, 6) is 0.952. The lowest BCUT2D eigenvalue weighted by molar-refractivity contribution is -0.121. The van der Waals surface area contributed by atoms with Crippen LogP contribution >= 0.6 is 0 Å². The third-order valence-corrected chi connectivity index (χ3v) is 3.62. The normalized spacial score (nSPS) is 34.4. The number of rotatable bonds is 0. The standard InChI is InChI=1S/C12H13NO/c13-12-10-5-7(14)6-11(12)9-4-2-1-3-8(9)10/h1-4,10-12H,5-6,13H2/t10-,11+,12?. The van der Waals surface area contributed by atoms with Gasteiger partial charge < -0.3 is 5.73 Å². The quantitative estimate of drug-likeness (QED) is 0.669. The molecule has 0 saturated heterocycles. The van der Waals surface area contributed by atoms with Gasteiger partial charge in [-0.1, -0.05) is 24.3 Å². The maximum atomic E-state index is 11.5. The number of benzene rings is 1. The number of carbonyl (C=O) groups excluding carboxylic acids is 1. The van der Waals surface area contributed by atoms with Crippen LogP contribution in [0.1, 0.15) is 35.8 Å². The number of carbonyl (C=O) groups is 1. The fourth-order valence-corrected chi connectivity index (χ4v) is 2.95. The SMILES string of the molecule is NC1[C@@H]2CC(=O)C[C@H]1c1ccccc12. The third-order valence-electron chi connectivity index (χ3n) is 3.62. The summed E-state index contributed by atoms with van der Waals surface area (Å²) in [6.45, 7) is 0. The van der Waals surface area contributed by atoms with Crippen molar-refractivity contribution in [2.75, 3.05) is 0 Å². The molecule has 2 heteroatoms. The lowest BCUT2D eigenvalue weighted by Gasteiger charge is -2.25. The van der Waals surface area contributed by atoms with Crippen LogP contribution in [0.3, 0.4) is 0 Å². The first kappa shape index (κ1) is 8.18. The average Bonchev–Trinajstić information content (AvgIpc) is 2.37. The zero-order valence-corrected chi connectivity index (χ0v) is 7.94. The zero-order chi connectivity index (χ0) is 9.71. The van der Waals surface area contributed by atoms with Crippen molar-refractivity contribution < 1.29 is 4.79 Å². The fourth-order valence-electron chi connectivity index (χ4n) is 2.95. The summed E-state index contributed by atoms with van der Waals surface area (Å²) in [5.41, 5.74) is 8.78. The van der Waals surface area contributed by atoms with Crippen molar-refractivity contribution in [1.82, 2.24) is 0 Å². The molecule has 0 aromatic heterocycles. The van der Waals surface area contributed by atoms with Gasteiger partial charge in [-0.15, -0.1) is 0 Å². The van der Waals surface area contributed by atoms with Crippen LogP contribution in [-0.2, 0) is 4.79 Å². The van der Waals surface area contributed by atoms with Gasteiger partial charge in [0.25, 0.3) is 0 Å². The van der Waals surface area contributed by atoms with Crippen LogP contribution in [-0.4, -0.2) is 11.8 Å². The average molecular weight is 187 g/mol. The summed E-state index contributed by atoms with van der Waals surface area (Å²) in [7, 11) is 0. The molecule has 2 aliphatic carbocycles. The molecule has 0 amide bonds. The second-order valence-corrected chi connectivity index (χ2v) is 4.37. The van der Waals surface area contributed by atoms with Gasteiger partial charge in [-0.2, -0.15) is 0 Å². The molecule has 72 valence electrons. The van der Waals surface area contributed by atoms with Crippen LogP contribution in [0.5, 0.6) is 0 Å². The molecule has 1 unspecified atom stereocenters. The predicted molar refractivity (Wildman–Crippen MR) is 54.1 cm³/mol. The van der Waals surface area contributed by atoms with Gasteiger partial charge in [-0.3, -0.25) is 4.79 Å². The van der Waals surface area contributed by atoms with Gasteiger partial charge in [-0.05, 0) is 11.1 Å². The van der Waals surface area contributed by atoms with Crippen molar-refractivity contribution in [3.63, 3.8) is 0 Å². The lowest BCUT2D eigenvalue weighted by atomic mass is 9.82. The van der Waals surface area contributed by atoms with Crippen molar-refractivity contribution >= 4 is 5.78 Å². The Bertz CT molecular complexity index is 364. The lowest BCUT2D eigenvalue weighted by Crippen LogP contribution is -2.35. The van der Waals surface area contributed by atoms with E-state index in [-0.39, 0.29) is 17.9 Å². The van der Waals surface area contributed by atoms with Crippen molar-refractivity contribution in [2.24, 2.45) is 5.73 Å². The molecule has 1 fully saturated rings. The van der Waals surface area contributed by atoms with E-state index in [1.807, 2.05) is 12.1 Å². The topological polar surface area (TPSA) is 43.1 Å². The molecule has 2 bridgehead atoms. The molecule has 0 radical (unpaired) electrons. The van der Waals surface area contributed by atoms with E-state index in [9.17, 15) is 4.79 Å². The van der Waals surface area contributed by atoms with Gasteiger partial charge in [0.2, 0.25) is 0 Å². The Morgan fingerprint density at radius 1 is 1.07 bits per heavy atom. The molecule has 0 heterocycles. The highest BCUT2D eigenvalue weighted by atomic mass is 16.1. The van der Waals surface area contributed by atoms with E-state index in [4.69, 9.17) is 5.73 Å². The van der Waals surface area contributed by atoms with E-state index < -0.39 is 0 Å². The zero-order valence-electron chi connectivity index (χ0n) is 7.94. The van der Waals surface area contributed by atoms with Gasteiger partial charge in [-0.25, -0.2) is 0 Å². The fraction of sp³-hybridized carbons (Fsp3) is 0.417. The van der Waals surface area contributed by atoms with Crippen LogP contribution < -0.4 is 5.73 Å². The molecule has 1 saturated carbocycles. The number of hydrogen-bond donors (Lipinski definition) is 1. The molecule has 2 aliphatic rings. The number of ketones is 1. The molecular weight excluding hydrogens is 174 g/mol. The van der Waals surface area contributed by atoms with Crippen LogP contribution in [0.25, 0.3) is 0 Å². The van der Waals surface area contributed by atoms with E-state index in [2.05, 4.69) is 12.1 Å². The van der Waals surface area contributed by atoms with Crippen LogP contribution in [0.4, 0.5) is 0 Å². The van der Waals surface area contributed by atoms with Crippen molar-refractivity contribution in [2.45, 2.75) is 30.7 Å². The number of Topliss-reactive ketones (excluding diaryl/α,β-unsaturated/α-hetero) is 1. The minimum atomic E-state index is 0.171. The van der Waals surface area contributed by atoms with Gasteiger partial charge in [0.1, 0.15) is 5.78 Å². The van der Waals surface area contributed by atoms with Gasteiger partial charge in [0.05, 0.1) is 0 Å². The highest BCUT2D eigenvalue weighted by Gasteiger charge is 2.43. The maximum absolute atomic E-state index is 11.5. The summed E-state index contributed by atoms with van der Waals surface area (Å²) in [6.07, 6.45) is 1.30. The third kappa shape index (κ3) is 0.919. The summed E-state index contributed by atoms with van der Waals surface area (Å²) >= 11 is 0. The van der Waals surface area contributed by atoms with Gasteiger partial charge in [0, 0.05) is 30.7 Å². The number of nitrogens with two attached hydrogens (primary N) is 1. The first-order chi connectivity index (χ1) is 6.77. The second kappa shape index (κ2) is 2.67. The predicted octanol–water partition coefficient (Wildman–Crippen LogP) is 1.56. The van der Waals surface area contributed by atoms with E-state index >= 15 is 0 Å². The summed E-state index contributed by atoms with van der Waals surface area (Å²) in [4.78, 5) is 11.5. The van der Waals surface area contributed by atoms with Crippen LogP contribution in [0.15, 0.2) is 24.3 Å². The Labute approximate surface area is 83.1 Å². The van der Waals surface area contributed by atoms with Crippen molar-refractivity contribution in [3.05, 3.63) is 35.4 Å². The molecule has 2 N–H and O–H groups in total. The molecule has 14 heavy (non-hydrogen) atoms. The Morgan fingerprint density at radius 2 is 1.57 bits per heavy atom. The molecule has 1 aromatic carbocycles. The minimum absolute atomic E-state index is 0.171. The summed E-state index contributed by atoms with van der Waals surface area (Å²) in [6, 6.07) is 8.50. The summed E-state index contributed by atoms with van der Waals surface area (Å²) < 4.78 is 0. The Balaban J connectivity index is 2.16. The van der Waals surface area contributed by atoms with Crippen LogP contribution in [0, 0.1) is 0 Å². The Morgan fingerprint density at radius 3 is 2.07 bits per heavy atom. The summed E-state index contributed by atoms with van der Waals surface area (Å²) in [5, 5.41) is 0. The van der Waals surface area contributed by atoms with E-state index in [1.54, 1.807) is 0 Å². The molecule has 2 nitrogen and oxygen atoms in total. The van der Waals surface area contributed by atoms with E-state index in [1.165, 1.54) is 11.1 Å². The smallest absolute Gasteiger partial charge is 0.134 e. The molecular formula is C12H13NO. The van der Waals surface area contributed by atoms with E-state index in [0.29, 0.717) is 18.6 Å². The minimum Gasteiger partial charge on any atom is -0.327 e. The number of fused-ring (bicyclic) bond motifs is 5. The molecule has 3 atom stereocenters. The van der Waals surface area contributed by atoms with E-state index in [0.717, 1.165) is 0 Å². The molecule has 3 rings (SSSR count). The monoisotopic (exact) mass is 187 g/mol. The second-order valence-electron chi connectivity index (χ2n) is 4.37. The Hall–Kier alpha value is -1.15.